The fourth-order valence-corrected chi connectivity index (χ4v) is 1.74. The number of Topliss-reactive ketones (excluding diaryl/α,β-unsaturated/α-hetero) is 1. The number of fused-ring (bicyclic) bond motifs is 1. The number of carbonyl (C=O) groups is 1. The van der Waals surface area contributed by atoms with Crippen LogP contribution in [0.4, 0.5) is 26.3 Å². The first-order valence-electron chi connectivity index (χ1n) is 5.57. The van der Waals surface area contributed by atoms with Crippen molar-refractivity contribution < 1.29 is 36.2 Å². The highest BCUT2D eigenvalue weighted by Gasteiger charge is 2.41. The Morgan fingerprint density at radius 3 is 2.32 bits per heavy atom. The molecule has 0 aliphatic carbocycles. The van der Waals surface area contributed by atoms with Crippen LogP contribution in [0.5, 0.6) is 0 Å². The first-order chi connectivity index (χ1) is 10.0. The summed E-state index contributed by atoms with van der Waals surface area (Å²) in [5.41, 5.74) is -1.96. The maximum atomic E-state index is 12.5. The summed E-state index contributed by atoms with van der Waals surface area (Å²) < 4.78 is 75.4. The summed E-state index contributed by atoms with van der Waals surface area (Å²) in [4.78, 5) is 14.8. The molecule has 0 radical (unpaired) electrons. The number of hydrogen-bond acceptors (Lipinski definition) is 3. The minimum absolute atomic E-state index is 0.155. The third-order valence-corrected chi connectivity index (χ3v) is 2.66. The number of ketones is 1. The average Bonchev–Trinajstić information content (AvgIpc) is 2.80. The molecule has 0 aliphatic heterocycles. The summed E-state index contributed by atoms with van der Waals surface area (Å²) in [5, 5.41) is 8.91. The van der Waals surface area contributed by atoms with Crippen LogP contribution < -0.4 is 0 Å². The molecule has 2 heterocycles. The lowest BCUT2D eigenvalue weighted by molar-refractivity contribution is -0.119. The number of hydrogen-bond donors (Lipinski definition) is 1. The van der Waals surface area contributed by atoms with Crippen LogP contribution in [0.15, 0.2) is 30.4 Å². The molecule has 22 heavy (non-hydrogen) atoms. The fourth-order valence-electron chi connectivity index (χ4n) is 1.74. The van der Waals surface area contributed by atoms with E-state index in [2.05, 4.69) is 4.98 Å². The predicted molar refractivity (Wildman–Crippen MR) is 62.2 cm³/mol. The van der Waals surface area contributed by atoms with Gasteiger partial charge in [-0.15, -0.1) is 0 Å². The monoisotopic (exact) mass is 324 g/mol. The van der Waals surface area contributed by atoms with Crippen LogP contribution in [-0.2, 0) is 0 Å². The van der Waals surface area contributed by atoms with Crippen molar-refractivity contribution in [2.75, 3.05) is 0 Å². The lowest BCUT2D eigenvalue weighted by atomic mass is 10.1. The van der Waals surface area contributed by atoms with E-state index in [1.807, 2.05) is 0 Å². The Morgan fingerprint density at radius 2 is 1.77 bits per heavy atom. The van der Waals surface area contributed by atoms with E-state index in [-0.39, 0.29) is 6.08 Å². The number of alkyl halides is 6. The van der Waals surface area contributed by atoms with Gasteiger partial charge in [-0.25, -0.2) is 0 Å². The Hall–Kier alpha value is -2.52. The number of rotatable bonds is 2. The molecule has 0 amide bonds. The highest BCUT2D eigenvalue weighted by Crippen LogP contribution is 2.29. The van der Waals surface area contributed by atoms with Gasteiger partial charge < -0.3 is 9.51 Å². The maximum Gasteiger partial charge on any atom is 0.454 e. The van der Waals surface area contributed by atoms with Crippen LogP contribution in [0.3, 0.4) is 0 Å². The van der Waals surface area contributed by atoms with Gasteiger partial charge in [0.25, 0.3) is 5.78 Å². The van der Waals surface area contributed by atoms with Gasteiger partial charge >= 0.3 is 12.4 Å². The molecule has 0 bridgehead atoms. The van der Waals surface area contributed by atoms with Gasteiger partial charge in [0.2, 0.25) is 0 Å². The third kappa shape index (κ3) is 2.90. The standard InChI is InChI=1S/C12H6F6N2O2/c13-11(14,15)8(21)5-7-9-6(10(22)12(16,17)18)1-3-20(9)4-2-19-7/h1-5,21H/b8-5-. The zero-order valence-corrected chi connectivity index (χ0v) is 10.4. The number of aromatic nitrogens is 2. The molecule has 118 valence electrons. The van der Waals surface area contributed by atoms with Crippen molar-refractivity contribution >= 4 is 17.4 Å². The summed E-state index contributed by atoms with van der Waals surface area (Å²) in [5.74, 6) is -4.26. The Balaban J connectivity index is 2.67. The SMILES string of the molecule is O=C(c1ccn2ccnc(/C=C(\O)C(F)(F)F)c12)C(F)(F)F. The topological polar surface area (TPSA) is 54.6 Å². The third-order valence-electron chi connectivity index (χ3n) is 2.66. The van der Waals surface area contributed by atoms with Gasteiger partial charge in [0, 0.05) is 24.7 Å². The Bertz CT molecular complexity index is 757. The number of aliphatic hydroxyl groups excluding tert-OH is 1. The van der Waals surface area contributed by atoms with Gasteiger partial charge in [0.1, 0.15) is 0 Å². The van der Waals surface area contributed by atoms with E-state index >= 15 is 0 Å². The highest BCUT2D eigenvalue weighted by atomic mass is 19.4. The minimum atomic E-state index is -5.19. The number of allylic oxidation sites excluding steroid dienone is 1. The van der Waals surface area contributed by atoms with Crippen molar-refractivity contribution in [3.63, 3.8) is 0 Å². The second kappa shape index (κ2) is 5.04. The predicted octanol–water partition coefficient (Wildman–Crippen LogP) is 3.54. The van der Waals surface area contributed by atoms with E-state index in [1.54, 1.807) is 0 Å². The van der Waals surface area contributed by atoms with Gasteiger partial charge in [-0.3, -0.25) is 9.78 Å². The van der Waals surface area contributed by atoms with Crippen molar-refractivity contribution in [1.82, 2.24) is 9.38 Å². The van der Waals surface area contributed by atoms with E-state index in [0.29, 0.717) is 0 Å². The molecule has 0 aliphatic rings. The molecule has 0 spiro atoms. The second-order valence-electron chi connectivity index (χ2n) is 4.15. The van der Waals surface area contributed by atoms with Crippen LogP contribution in [-0.4, -0.2) is 32.6 Å². The molecule has 2 aromatic heterocycles. The van der Waals surface area contributed by atoms with Crippen LogP contribution >= 0.6 is 0 Å². The Kier molecular flexibility index (Phi) is 3.63. The van der Waals surface area contributed by atoms with Crippen LogP contribution in [0.1, 0.15) is 16.1 Å². The largest absolute Gasteiger partial charge is 0.504 e. The maximum absolute atomic E-state index is 12.5. The van der Waals surface area contributed by atoms with Crippen LogP contribution in [0.25, 0.3) is 11.6 Å². The summed E-state index contributed by atoms with van der Waals surface area (Å²) in [6.07, 6.45) is -6.88. The summed E-state index contributed by atoms with van der Waals surface area (Å²) >= 11 is 0. The van der Waals surface area contributed by atoms with Gasteiger partial charge in [0.05, 0.1) is 16.8 Å². The second-order valence-corrected chi connectivity index (χ2v) is 4.15. The quantitative estimate of drug-likeness (QED) is 0.522. The van der Waals surface area contributed by atoms with Crippen molar-refractivity contribution in [3.05, 3.63) is 41.7 Å². The minimum Gasteiger partial charge on any atom is -0.504 e. The number of halogens is 6. The van der Waals surface area contributed by atoms with Crippen LogP contribution in [0.2, 0.25) is 0 Å². The first kappa shape index (κ1) is 15.9. The molecule has 0 atom stereocenters. The van der Waals surface area contributed by atoms with E-state index < -0.39 is 40.7 Å². The van der Waals surface area contributed by atoms with Crippen molar-refractivity contribution in [1.29, 1.82) is 0 Å². The average molecular weight is 324 g/mol. The van der Waals surface area contributed by atoms with E-state index in [0.717, 1.165) is 29.1 Å². The molecule has 2 aromatic rings. The zero-order chi connectivity index (χ0) is 16.7. The number of nitrogens with zero attached hydrogens (tertiary/aromatic N) is 2. The summed E-state index contributed by atoms with van der Waals surface area (Å²) in [6, 6.07) is 0.814. The molecule has 1 N–H and O–H groups in total. The molecule has 2 rings (SSSR count). The molecule has 0 aromatic carbocycles. The molecule has 0 saturated carbocycles. The van der Waals surface area contributed by atoms with Crippen molar-refractivity contribution in [3.8, 4) is 0 Å². The summed E-state index contributed by atoms with van der Waals surface area (Å²) in [7, 11) is 0. The highest BCUT2D eigenvalue weighted by molar-refractivity contribution is 6.07. The van der Waals surface area contributed by atoms with E-state index in [9.17, 15) is 31.1 Å². The van der Waals surface area contributed by atoms with Crippen LogP contribution in [0, 0.1) is 0 Å². The molecular formula is C12H6F6N2O2. The van der Waals surface area contributed by atoms with Gasteiger partial charge in [-0.1, -0.05) is 0 Å². The molecule has 0 saturated heterocycles. The smallest absolute Gasteiger partial charge is 0.454 e. The summed E-state index contributed by atoms with van der Waals surface area (Å²) in [6.45, 7) is 0. The van der Waals surface area contributed by atoms with E-state index in [1.165, 1.54) is 0 Å². The molecule has 0 unspecified atom stereocenters. The van der Waals surface area contributed by atoms with Gasteiger partial charge in [-0.05, 0) is 6.07 Å². The Morgan fingerprint density at radius 1 is 1.14 bits per heavy atom. The fraction of sp³-hybridized carbons (Fsp3) is 0.167. The van der Waals surface area contributed by atoms with Gasteiger partial charge in [0.15, 0.2) is 5.76 Å². The first-order valence-corrected chi connectivity index (χ1v) is 5.57. The lowest BCUT2D eigenvalue weighted by Crippen LogP contribution is -2.22. The van der Waals surface area contributed by atoms with Crippen molar-refractivity contribution in [2.45, 2.75) is 12.4 Å². The lowest BCUT2D eigenvalue weighted by Gasteiger charge is -2.07. The molecule has 0 fully saturated rings. The Labute approximate surface area is 118 Å². The number of carbonyl (C=O) groups excluding carboxylic acids is 1. The van der Waals surface area contributed by atoms with Gasteiger partial charge in [-0.2, -0.15) is 26.3 Å². The molecule has 10 heteroatoms. The van der Waals surface area contributed by atoms with E-state index in [4.69, 9.17) is 5.11 Å². The molecular weight excluding hydrogens is 318 g/mol. The molecule has 4 nitrogen and oxygen atoms in total. The van der Waals surface area contributed by atoms with Crippen molar-refractivity contribution in [2.24, 2.45) is 0 Å². The zero-order valence-electron chi connectivity index (χ0n) is 10.4. The normalized spacial score (nSPS) is 13.6. The number of aliphatic hydroxyl groups is 1.